The molecule has 3 rings (SSSR count). The summed E-state index contributed by atoms with van der Waals surface area (Å²) in [5.41, 5.74) is 0.226. The Bertz CT molecular complexity index is 641. The maximum Gasteiger partial charge on any atom is 0.227 e. The molecule has 0 spiro atoms. The second kappa shape index (κ2) is 6.97. The van der Waals surface area contributed by atoms with Gasteiger partial charge in [0.25, 0.3) is 0 Å². The lowest BCUT2D eigenvalue weighted by Gasteiger charge is -2.34. The smallest absolute Gasteiger partial charge is 0.227 e. The summed E-state index contributed by atoms with van der Waals surface area (Å²) < 4.78 is 7.54. The van der Waals surface area contributed by atoms with Crippen molar-refractivity contribution in [2.75, 3.05) is 31.1 Å². The number of hydrogen-bond donors (Lipinski definition) is 0. The van der Waals surface area contributed by atoms with Gasteiger partial charge in [-0.2, -0.15) is 0 Å². The molecule has 6 heteroatoms. The van der Waals surface area contributed by atoms with E-state index in [9.17, 15) is 0 Å². The van der Waals surface area contributed by atoms with Crippen LogP contribution in [0.1, 0.15) is 38.8 Å². The lowest BCUT2D eigenvalue weighted by molar-refractivity contribution is 0.148. The van der Waals surface area contributed by atoms with Crippen molar-refractivity contribution in [3.8, 4) is 0 Å². The summed E-state index contributed by atoms with van der Waals surface area (Å²) >= 11 is 0. The van der Waals surface area contributed by atoms with E-state index in [1.54, 1.807) is 6.26 Å². The third-order valence-electron chi connectivity index (χ3n) is 4.84. The SMILES string of the molecule is Cn1c(CCc2ccco2)nnc1N1CCCN(C(C)(C)C)CC1. The number of anilines is 1. The van der Waals surface area contributed by atoms with Gasteiger partial charge in [0.2, 0.25) is 5.95 Å². The zero-order chi connectivity index (χ0) is 17.2. The van der Waals surface area contributed by atoms with Crippen LogP contribution in [-0.4, -0.2) is 51.4 Å². The number of furan rings is 1. The standard InChI is InChI=1S/C18H29N5O/c1-18(2,3)23-11-6-10-22(12-13-23)17-20-19-16(21(17)4)9-8-15-7-5-14-24-15/h5,7,14H,6,8-13H2,1-4H3. The second-order valence-electron chi connectivity index (χ2n) is 7.55. The topological polar surface area (TPSA) is 50.3 Å². The van der Waals surface area contributed by atoms with E-state index in [4.69, 9.17) is 4.42 Å². The minimum atomic E-state index is 0.226. The lowest BCUT2D eigenvalue weighted by Crippen LogP contribution is -2.43. The van der Waals surface area contributed by atoms with E-state index >= 15 is 0 Å². The fourth-order valence-corrected chi connectivity index (χ4v) is 3.32. The molecule has 1 fully saturated rings. The summed E-state index contributed by atoms with van der Waals surface area (Å²) in [6, 6.07) is 3.93. The largest absolute Gasteiger partial charge is 0.469 e. The molecule has 132 valence electrons. The fourth-order valence-electron chi connectivity index (χ4n) is 3.32. The van der Waals surface area contributed by atoms with E-state index < -0.39 is 0 Å². The van der Waals surface area contributed by atoms with Crippen LogP contribution in [0.15, 0.2) is 22.8 Å². The maximum atomic E-state index is 5.41. The molecule has 0 bridgehead atoms. The minimum Gasteiger partial charge on any atom is -0.469 e. The highest BCUT2D eigenvalue weighted by atomic mass is 16.3. The summed E-state index contributed by atoms with van der Waals surface area (Å²) in [5, 5.41) is 8.86. The first-order valence-electron chi connectivity index (χ1n) is 8.86. The first-order chi connectivity index (χ1) is 11.4. The number of aromatic nitrogens is 3. The highest BCUT2D eigenvalue weighted by Crippen LogP contribution is 2.20. The molecule has 0 aliphatic carbocycles. The van der Waals surface area contributed by atoms with Crippen molar-refractivity contribution in [2.45, 2.75) is 45.6 Å². The third kappa shape index (κ3) is 3.80. The highest BCUT2D eigenvalue weighted by molar-refractivity contribution is 5.31. The van der Waals surface area contributed by atoms with Crippen molar-refractivity contribution in [1.29, 1.82) is 0 Å². The van der Waals surface area contributed by atoms with Gasteiger partial charge < -0.3 is 13.9 Å². The second-order valence-corrected chi connectivity index (χ2v) is 7.55. The molecule has 0 atom stereocenters. The van der Waals surface area contributed by atoms with Crippen LogP contribution in [0.25, 0.3) is 0 Å². The van der Waals surface area contributed by atoms with Gasteiger partial charge in [-0.1, -0.05) is 0 Å². The van der Waals surface area contributed by atoms with Gasteiger partial charge in [-0.05, 0) is 39.3 Å². The van der Waals surface area contributed by atoms with Gasteiger partial charge in [0.05, 0.1) is 6.26 Å². The van der Waals surface area contributed by atoms with Crippen molar-refractivity contribution in [1.82, 2.24) is 19.7 Å². The predicted molar refractivity (Wildman–Crippen MR) is 95.3 cm³/mol. The third-order valence-corrected chi connectivity index (χ3v) is 4.84. The lowest BCUT2D eigenvalue weighted by atomic mass is 10.1. The van der Waals surface area contributed by atoms with E-state index in [-0.39, 0.29) is 5.54 Å². The molecule has 0 saturated carbocycles. The van der Waals surface area contributed by atoms with E-state index in [0.717, 1.165) is 63.0 Å². The van der Waals surface area contributed by atoms with Crippen LogP contribution >= 0.6 is 0 Å². The Morgan fingerprint density at radius 3 is 2.62 bits per heavy atom. The van der Waals surface area contributed by atoms with Gasteiger partial charge in [-0.3, -0.25) is 4.90 Å². The zero-order valence-electron chi connectivity index (χ0n) is 15.3. The molecule has 1 aliphatic heterocycles. The molecule has 1 aliphatic rings. The Kier molecular flexibility index (Phi) is 4.94. The van der Waals surface area contributed by atoms with Gasteiger partial charge in [0, 0.05) is 51.6 Å². The molecule has 0 unspecified atom stereocenters. The quantitative estimate of drug-likeness (QED) is 0.861. The summed E-state index contributed by atoms with van der Waals surface area (Å²) in [7, 11) is 2.07. The Morgan fingerprint density at radius 2 is 1.92 bits per heavy atom. The van der Waals surface area contributed by atoms with Crippen molar-refractivity contribution in [3.05, 3.63) is 30.0 Å². The van der Waals surface area contributed by atoms with Crippen LogP contribution in [-0.2, 0) is 19.9 Å². The Morgan fingerprint density at radius 1 is 1.08 bits per heavy atom. The van der Waals surface area contributed by atoms with Crippen LogP contribution in [0.2, 0.25) is 0 Å². The molecule has 0 N–H and O–H groups in total. The molecular weight excluding hydrogens is 302 g/mol. The number of rotatable bonds is 4. The monoisotopic (exact) mass is 331 g/mol. The van der Waals surface area contributed by atoms with Crippen molar-refractivity contribution in [3.63, 3.8) is 0 Å². The van der Waals surface area contributed by atoms with Crippen molar-refractivity contribution < 1.29 is 4.42 Å². The fraction of sp³-hybridized carbons (Fsp3) is 0.667. The Hall–Kier alpha value is -1.82. The van der Waals surface area contributed by atoms with E-state index in [2.05, 4.69) is 52.4 Å². The van der Waals surface area contributed by atoms with Gasteiger partial charge in [0.15, 0.2) is 0 Å². The van der Waals surface area contributed by atoms with Crippen LogP contribution in [0.3, 0.4) is 0 Å². The van der Waals surface area contributed by atoms with Gasteiger partial charge in [-0.25, -0.2) is 0 Å². The van der Waals surface area contributed by atoms with Crippen LogP contribution in [0.4, 0.5) is 5.95 Å². The summed E-state index contributed by atoms with van der Waals surface area (Å²) in [6.45, 7) is 11.1. The molecule has 6 nitrogen and oxygen atoms in total. The predicted octanol–water partition coefficient (Wildman–Crippen LogP) is 2.50. The molecule has 1 saturated heterocycles. The Balaban J connectivity index is 1.64. The first-order valence-corrected chi connectivity index (χ1v) is 8.86. The number of nitrogens with zero attached hydrogens (tertiary/aromatic N) is 5. The average molecular weight is 331 g/mol. The molecule has 0 radical (unpaired) electrons. The summed E-state index contributed by atoms with van der Waals surface area (Å²) in [6.07, 6.45) is 4.58. The van der Waals surface area contributed by atoms with Crippen molar-refractivity contribution >= 4 is 5.95 Å². The van der Waals surface area contributed by atoms with Gasteiger partial charge in [0.1, 0.15) is 11.6 Å². The van der Waals surface area contributed by atoms with E-state index in [1.165, 1.54) is 0 Å². The van der Waals surface area contributed by atoms with E-state index in [1.807, 2.05) is 12.1 Å². The summed E-state index contributed by atoms with van der Waals surface area (Å²) in [5.74, 6) is 2.99. The van der Waals surface area contributed by atoms with Crippen molar-refractivity contribution in [2.24, 2.45) is 7.05 Å². The average Bonchev–Trinajstić information content (AvgIpc) is 3.08. The van der Waals surface area contributed by atoms with E-state index in [0.29, 0.717) is 0 Å². The molecule has 3 heterocycles. The zero-order valence-corrected chi connectivity index (χ0v) is 15.3. The van der Waals surface area contributed by atoms with Gasteiger partial charge in [-0.15, -0.1) is 10.2 Å². The molecule has 2 aromatic rings. The molecule has 24 heavy (non-hydrogen) atoms. The van der Waals surface area contributed by atoms with Gasteiger partial charge >= 0.3 is 0 Å². The van der Waals surface area contributed by atoms with Crippen LogP contribution in [0.5, 0.6) is 0 Å². The molecule has 2 aromatic heterocycles. The number of aryl methyl sites for hydroxylation is 2. The number of hydrogen-bond acceptors (Lipinski definition) is 5. The van der Waals surface area contributed by atoms with Crippen LogP contribution < -0.4 is 4.90 Å². The normalized spacial score (nSPS) is 17.2. The Labute approximate surface area is 144 Å². The first kappa shape index (κ1) is 17.0. The summed E-state index contributed by atoms with van der Waals surface area (Å²) in [4.78, 5) is 4.93. The highest BCUT2D eigenvalue weighted by Gasteiger charge is 2.25. The molecule has 0 amide bonds. The molecular formula is C18H29N5O. The minimum absolute atomic E-state index is 0.226. The van der Waals surface area contributed by atoms with Crippen LogP contribution in [0, 0.1) is 0 Å². The maximum absolute atomic E-state index is 5.41. The molecule has 0 aromatic carbocycles.